The van der Waals surface area contributed by atoms with Crippen LogP contribution >= 0.6 is 25.8 Å². The third-order valence-corrected chi connectivity index (χ3v) is 26.8. The second-order valence-electron chi connectivity index (χ2n) is 38.6. The van der Waals surface area contributed by atoms with Crippen molar-refractivity contribution < 1.29 is 40.7 Å². The molecule has 9 aromatic rings. The van der Waals surface area contributed by atoms with E-state index in [1.54, 1.807) is 0 Å². The minimum Gasteiger partial charge on any atom is -0.409 e. The van der Waals surface area contributed by atoms with Gasteiger partial charge in [0.2, 0.25) is 0 Å². The number of aryl methyl sites for hydroxylation is 3. The molecule has 12 bridgehead atoms. The van der Waals surface area contributed by atoms with Crippen molar-refractivity contribution in [2.45, 2.75) is 290 Å². The molecule has 12 heteroatoms. The molecule has 0 saturated heterocycles. The van der Waals surface area contributed by atoms with Crippen LogP contribution in [0.15, 0.2) is 182 Å². The molecule has 22 rings (SSSR count). The SMILES string of the molecule is Cc1cc(C(C)(C)C)c(OP2Oc3ccc(cc3)C3(CCCCC3)c3ccc(cc3)OP(Oc3c(C(C)(C)C)cc(C)cc3C(C)(C)C)Oc3ccc(cc3)C3(CCCCC3)c3ccc(cc3)OP(Oc3c(C(C)(C)C)cc(C)cc3C(C)(C)C)Oc3ccc(cc3)C3(CCCCC3)c3ccc(cc3)O2)c(C(C)(C)C)c1. The van der Waals surface area contributed by atoms with Crippen molar-refractivity contribution in [1.29, 1.82) is 0 Å². The molecule has 9 nitrogen and oxygen atoms in total. The van der Waals surface area contributed by atoms with Crippen LogP contribution in [0, 0.1) is 20.8 Å². The van der Waals surface area contributed by atoms with Crippen LogP contribution < -0.4 is 40.7 Å². The van der Waals surface area contributed by atoms with E-state index < -0.39 is 25.8 Å². The Hall–Kier alpha value is -7.53. The van der Waals surface area contributed by atoms with E-state index in [1.165, 1.54) is 69.3 Å². The topological polar surface area (TPSA) is 83.1 Å². The molecule has 3 aliphatic carbocycles. The third kappa shape index (κ3) is 18.2. The van der Waals surface area contributed by atoms with Gasteiger partial charge in [-0.2, -0.15) is 0 Å². The number of rotatable bonds is 6. The van der Waals surface area contributed by atoms with Crippen LogP contribution in [-0.4, -0.2) is 0 Å². The molecule has 0 N–H and O–H groups in total. The molecule has 3 saturated carbocycles. The lowest BCUT2D eigenvalue weighted by molar-refractivity contribution is 0.344. The van der Waals surface area contributed by atoms with Crippen molar-refractivity contribution in [2.75, 3.05) is 0 Å². The predicted molar refractivity (Wildman–Crippen MR) is 462 cm³/mol. The van der Waals surface area contributed by atoms with Gasteiger partial charge in [-0.25, -0.2) is 0 Å². The molecule has 3 spiro atoms. The Morgan fingerprint density at radius 2 is 0.369 bits per heavy atom. The van der Waals surface area contributed by atoms with Crippen molar-refractivity contribution in [1.82, 2.24) is 0 Å². The lowest BCUT2D eigenvalue weighted by Gasteiger charge is -2.39. The summed E-state index contributed by atoms with van der Waals surface area (Å²) in [6.07, 6.45) is 16.4. The third-order valence-electron chi connectivity index (χ3n) is 23.7. The van der Waals surface area contributed by atoms with E-state index in [4.69, 9.17) is 40.7 Å². The van der Waals surface area contributed by atoms with Gasteiger partial charge in [0.25, 0.3) is 0 Å². The van der Waals surface area contributed by atoms with Crippen LogP contribution in [0.1, 0.15) is 304 Å². The summed E-state index contributed by atoms with van der Waals surface area (Å²) in [5, 5.41) is 0. The highest BCUT2D eigenvalue weighted by Gasteiger charge is 2.42. The summed E-state index contributed by atoms with van der Waals surface area (Å²) in [5.74, 6) is 6.47. The second-order valence-corrected chi connectivity index (χ2v) is 41.6. The maximum atomic E-state index is 7.36. The molecule has 111 heavy (non-hydrogen) atoms. The molecule has 10 heterocycles. The highest BCUT2D eigenvalue weighted by Crippen LogP contribution is 2.57. The van der Waals surface area contributed by atoms with Crippen LogP contribution in [0.3, 0.4) is 0 Å². The summed E-state index contributed by atoms with van der Waals surface area (Å²) in [6.45, 7) is 47.1. The fraction of sp³-hybridized carbons (Fsp3) is 0.455. The average Bonchev–Trinajstić information content (AvgIpc) is 0.803. The van der Waals surface area contributed by atoms with E-state index in [0.717, 1.165) is 128 Å². The van der Waals surface area contributed by atoms with Crippen molar-refractivity contribution in [3.63, 3.8) is 0 Å². The number of benzene rings is 9. The Morgan fingerprint density at radius 1 is 0.225 bits per heavy atom. The minimum atomic E-state index is -2.08. The largest absolute Gasteiger partial charge is 0.530 e. The monoisotopic (exact) mass is 1550 g/mol. The summed E-state index contributed by atoms with van der Waals surface area (Å²) in [6, 6.07) is 66.3. The summed E-state index contributed by atoms with van der Waals surface area (Å²) in [4.78, 5) is 0. The molecule has 10 aliphatic heterocycles. The summed E-state index contributed by atoms with van der Waals surface area (Å²) >= 11 is 0. The summed E-state index contributed by atoms with van der Waals surface area (Å²) in [7, 11) is -6.24. The second kappa shape index (κ2) is 32.0. The van der Waals surface area contributed by atoms with Crippen LogP contribution in [0.2, 0.25) is 0 Å². The molecular weight excluding hydrogens is 1430 g/mol. The first-order valence-electron chi connectivity index (χ1n) is 41.0. The van der Waals surface area contributed by atoms with Gasteiger partial charge in [-0.1, -0.05) is 308 Å². The molecule has 0 atom stereocenters. The molecule has 0 unspecified atom stereocenters. The smallest absolute Gasteiger partial charge is 0.409 e. The molecule has 13 aliphatic rings. The van der Waals surface area contributed by atoms with Crippen LogP contribution in [0.5, 0.6) is 51.7 Å². The Morgan fingerprint density at radius 3 is 0.505 bits per heavy atom. The predicted octanol–water partition coefficient (Wildman–Crippen LogP) is 29.8. The average molecular weight is 1550 g/mol. The first-order valence-corrected chi connectivity index (χ1v) is 44.3. The number of hydrogen-bond acceptors (Lipinski definition) is 9. The highest BCUT2D eigenvalue weighted by molar-refractivity contribution is 7.43. The number of hydrogen-bond donors (Lipinski definition) is 0. The molecule has 588 valence electrons. The minimum absolute atomic E-state index is 0.245. The van der Waals surface area contributed by atoms with E-state index in [1.807, 2.05) is 0 Å². The Kier molecular flexibility index (Phi) is 23.5. The van der Waals surface area contributed by atoms with E-state index in [0.29, 0.717) is 34.5 Å². The van der Waals surface area contributed by atoms with Gasteiger partial charge in [-0.15, -0.1) is 0 Å². The van der Waals surface area contributed by atoms with Crippen molar-refractivity contribution >= 4 is 25.8 Å². The van der Waals surface area contributed by atoms with Crippen LogP contribution in [0.25, 0.3) is 0 Å². The van der Waals surface area contributed by atoms with Gasteiger partial charge in [0.05, 0.1) is 0 Å². The summed E-state index contributed by atoms with van der Waals surface area (Å²) < 4.78 is 64.9. The van der Waals surface area contributed by atoms with Crippen molar-refractivity contribution in [2.24, 2.45) is 0 Å². The highest BCUT2D eigenvalue weighted by atomic mass is 31.2. The maximum Gasteiger partial charge on any atom is 0.530 e. The van der Waals surface area contributed by atoms with E-state index in [2.05, 4.69) is 327 Å². The maximum absolute atomic E-state index is 7.36. The van der Waals surface area contributed by atoms with Crippen LogP contribution in [0.4, 0.5) is 0 Å². The standard InChI is InChI=1S/C99H123O9P3/c1-67-61-82(91(4,5)6)88(83(62-67)92(7,8)9)106-109-100-76-43-31-70(32-44-76)97(55-25-22-26-56-97)72-35-47-78(48-36-72)102-110(107-89-84(93(10,11)12)63-68(2)64-85(89)94(13,14)15)104-80-51-39-74(40-52-80)99(59-29-24-30-60-99)75-41-53-81(54-42-75)105-111(108-90-86(95(16,17)18)65-69(3)66-87(90)96(19,20)21)103-79-49-37-73(38-50-79)98(57-27-23-28-58-98)71-33-45-77(101-109)46-34-71/h31-54,61-66H,22-30,55-60H2,1-21H3. The fourth-order valence-electron chi connectivity index (χ4n) is 17.6. The van der Waals surface area contributed by atoms with Crippen molar-refractivity contribution in [3.05, 3.63) is 265 Å². The van der Waals surface area contributed by atoms with E-state index in [-0.39, 0.29) is 48.7 Å². The molecule has 0 radical (unpaired) electrons. The lowest BCUT2D eigenvalue weighted by Crippen LogP contribution is -2.30. The van der Waals surface area contributed by atoms with Crippen molar-refractivity contribution in [3.8, 4) is 51.7 Å². The first-order chi connectivity index (χ1) is 52.4. The summed E-state index contributed by atoms with van der Waals surface area (Å²) in [5.41, 5.74) is 15.5. The van der Waals surface area contributed by atoms with Gasteiger partial charge in [0.1, 0.15) is 51.7 Å². The van der Waals surface area contributed by atoms with Gasteiger partial charge in [-0.05, 0) is 198 Å². The van der Waals surface area contributed by atoms with E-state index >= 15 is 0 Å². The molecule has 0 amide bonds. The normalized spacial score (nSPS) is 19.1. The van der Waals surface area contributed by atoms with Crippen LogP contribution in [-0.2, 0) is 48.7 Å². The zero-order chi connectivity index (χ0) is 79.3. The fourth-order valence-corrected chi connectivity index (χ4v) is 20.7. The van der Waals surface area contributed by atoms with Gasteiger partial charge < -0.3 is 40.7 Å². The van der Waals surface area contributed by atoms with Gasteiger partial charge >= 0.3 is 25.8 Å². The zero-order valence-electron chi connectivity index (χ0n) is 70.4. The molecule has 9 aromatic carbocycles. The lowest BCUT2D eigenvalue weighted by atomic mass is 9.65. The Bertz CT molecular complexity index is 3940. The van der Waals surface area contributed by atoms with Gasteiger partial charge in [-0.3, -0.25) is 0 Å². The van der Waals surface area contributed by atoms with Gasteiger partial charge in [0, 0.05) is 49.6 Å². The Balaban J connectivity index is 0.933. The van der Waals surface area contributed by atoms with Gasteiger partial charge in [0.15, 0.2) is 0 Å². The quantitative estimate of drug-likeness (QED) is 0.151. The van der Waals surface area contributed by atoms with E-state index in [9.17, 15) is 0 Å². The first kappa shape index (κ1) is 81.5. The Labute approximate surface area is 670 Å². The molecule has 3 fully saturated rings. The molecule has 0 aromatic heterocycles. The zero-order valence-corrected chi connectivity index (χ0v) is 73.1. The molecular formula is C99H123O9P3.